The largest absolute Gasteiger partial charge is 0.458 e. The molecule has 0 N–H and O–H groups in total. The average molecular weight is 379 g/mol. The van der Waals surface area contributed by atoms with Crippen molar-refractivity contribution in [3.8, 4) is 11.6 Å². The third-order valence-electron chi connectivity index (χ3n) is 3.85. The fourth-order valence-corrected chi connectivity index (χ4v) is 2.50. The topological polar surface area (TPSA) is 74.9 Å². The molecule has 3 aromatic rings. The number of hydrogen-bond acceptors (Lipinski definition) is 6. The maximum absolute atomic E-state index is 11.8. The standard InChI is InChI=1S/C21H21N3O4/c1-16-19(20(24(2)23-16)28-18-11-7-4-8-12-18)15-22-27-14-13-26-21(25)17-9-5-3-6-10-17/h3-12,15H,13-14H2,1-2H3/b22-15+. The van der Waals surface area contributed by atoms with Crippen LogP contribution in [0.4, 0.5) is 0 Å². The summed E-state index contributed by atoms with van der Waals surface area (Å²) >= 11 is 0. The first-order chi connectivity index (χ1) is 13.6. The van der Waals surface area contributed by atoms with Gasteiger partial charge in [-0.3, -0.25) is 0 Å². The minimum absolute atomic E-state index is 0.102. The summed E-state index contributed by atoms with van der Waals surface area (Å²) < 4.78 is 12.7. The minimum atomic E-state index is -0.394. The van der Waals surface area contributed by atoms with Crippen LogP contribution >= 0.6 is 0 Å². The Bertz CT molecular complexity index is 937. The fourth-order valence-electron chi connectivity index (χ4n) is 2.50. The first kappa shape index (κ1) is 19.2. The highest BCUT2D eigenvalue weighted by Gasteiger charge is 2.14. The highest BCUT2D eigenvalue weighted by molar-refractivity contribution is 5.89. The number of para-hydroxylation sites is 1. The number of esters is 1. The van der Waals surface area contributed by atoms with Crippen LogP contribution in [0.15, 0.2) is 65.8 Å². The molecule has 7 heteroatoms. The van der Waals surface area contributed by atoms with Crippen LogP contribution in [-0.2, 0) is 16.6 Å². The average Bonchev–Trinajstić information content (AvgIpc) is 2.98. The summed E-state index contributed by atoms with van der Waals surface area (Å²) in [6, 6.07) is 18.2. The van der Waals surface area contributed by atoms with Crippen molar-refractivity contribution in [2.75, 3.05) is 13.2 Å². The van der Waals surface area contributed by atoms with Crippen molar-refractivity contribution in [3.05, 3.63) is 77.5 Å². The molecular formula is C21H21N3O4. The van der Waals surface area contributed by atoms with E-state index in [9.17, 15) is 4.79 Å². The van der Waals surface area contributed by atoms with Crippen LogP contribution in [-0.4, -0.2) is 35.2 Å². The molecule has 144 valence electrons. The van der Waals surface area contributed by atoms with Crippen LogP contribution in [0.2, 0.25) is 0 Å². The third kappa shape index (κ3) is 4.97. The lowest BCUT2D eigenvalue weighted by molar-refractivity contribution is 0.0330. The summed E-state index contributed by atoms with van der Waals surface area (Å²) in [7, 11) is 1.80. The number of aryl methyl sites for hydroxylation is 2. The predicted octanol–water partition coefficient (Wildman–Crippen LogP) is 3.73. The molecule has 0 radical (unpaired) electrons. The number of hydrogen-bond donors (Lipinski definition) is 0. The monoisotopic (exact) mass is 379 g/mol. The van der Waals surface area contributed by atoms with Crippen molar-refractivity contribution in [2.24, 2.45) is 12.2 Å². The maximum Gasteiger partial charge on any atom is 0.338 e. The highest BCUT2D eigenvalue weighted by Crippen LogP contribution is 2.25. The summed E-state index contributed by atoms with van der Waals surface area (Å²) in [6.07, 6.45) is 1.54. The van der Waals surface area contributed by atoms with Crippen molar-refractivity contribution < 1.29 is 19.1 Å². The van der Waals surface area contributed by atoms with Crippen LogP contribution in [0.5, 0.6) is 11.6 Å². The third-order valence-corrected chi connectivity index (χ3v) is 3.85. The van der Waals surface area contributed by atoms with Gasteiger partial charge in [0.2, 0.25) is 5.88 Å². The van der Waals surface area contributed by atoms with Gasteiger partial charge in [0.15, 0.2) is 6.61 Å². The van der Waals surface area contributed by atoms with E-state index in [4.69, 9.17) is 14.3 Å². The lowest BCUT2D eigenvalue weighted by atomic mass is 10.2. The van der Waals surface area contributed by atoms with Crippen LogP contribution in [0.25, 0.3) is 0 Å². The van der Waals surface area contributed by atoms with E-state index in [2.05, 4.69) is 10.3 Å². The van der Waals surface area contributed by atoms with Gasteiger partial charge in [-0.2, -0.15) is 5.10 Å². The number of carbonyl (C=O) groups is 1. The Hall–Kier alpha value is -3.61. The number of oxime groups is 1. The zero-order chi connectivity index (χ0) is 19.8. The van der Waals surface area contributed by atoms with E-state index >= 15 is 0 Å². The molecular weight excluding hydrogens is 358 g/mol. The Labute approximate surface area is 163 Å². The van der Waals surface area contributed by atoms with Gasteiger partial charge in [-0.05, 0) is 31.2 Å². The molecule has 1 aromatic heterocycles. The van der Waals surface area contributed by atoms with E-state index in [-0.39, 0.29) is 13.2 Å². The fraction of sp³-hybridized carbons (Fsp3) is 0.190. The second-order valence-corrected chi connectivity index (χ2v) is 5.91. The van der Waals surface area contributed by atoms with E-state index in [1.807, 2.05) is 43.3 Å². The number of nitrogens with zero attached hydrogens (tertiary/aromatic N) is 3. The molecule has 0 bridgehead atoms. The normalized spacial score (nSPS) is 10.8. The Morgan fingerprint density at radius 1 is 1.07 bits per heavy atom. The molecule has 2 aromatic carbocycles. The van der Waals surface area contributed by atoms with Gasteiger partial charge in [-0.1, -0.05) is 41.6 Å². The number of carbonyl (C=O) groups excluding carboxylic acids is 1. The summed E-state index contributed by atoms with van der Waals surface area (Å²) in [5.74, 6) is 0.871. The minimum Gasteiger partial charge on any atom is -0.458 e. The van der Waals surface area contributed by atoms with Gasteiger partial charge < -0.3 is 14.3 Å². The number of aromatic nitrogens is 2. The van der Waals surface area contributed by atoms with Crippen molar-refractivity contribution in [1.29, 1.82) is 0 Å². The van der Waals surface area contributed by atoms with Gasteiger partial charge in [0, 0.05) is 7.05 Å². The van der Waals surface area contributed by atoms with Gasteiger partial charge in [0.25, 0.3) is 0 Å². The molecule has 7 nitrogen and oxygen atoms in total. The Morgan fingerprint density at radius 3 is 2.46 bits per heavy atom. The molecule has 28 heavy (non-hydrogen) atoms. The Kier molecular flexibility index (Phi) is 6.41. The zero-order valence-corrected chi connectivity index (χ0v) is 15.7. The molecule has 0 spiro atoms. The van der Waals surface area contributed by atoms with Gasteiger partial charge in [-0.15, -0.1) is 0 Å². The second kappa shape index (κ2) is 9.36. The van der Waals surface area contributed by atoms with Gasteiger partial charge >= 0.3 is 5.97 Å². The molecule has 0 unspecified atom stereocenters. The summed E-state index contributed by atoms with van der Waals surface area (Å²) in [6.45, 7) is 2.11. The first-order valence-electron chi connectivity index (χ1n) is 8.79. The number of ether oxygens (including phenoxy) is 2. The molecule has 3 rings (SSSR count). The SMILES string of the molecule is Cc1nn(C)c(Oc2ccccc2)c1/C=N/OCCOC(=O)c1ccccc1. The van der Waals surface area contributed by atoms with Crippen LogP contribution in [0.3, 0.4) is 0 Å². The molecule has 0 aliphatic carbocycles. The molecule has 0 fully saturated rings. The molecule has 0 aliphatic heterocycles. The van der Waals surface area contributed by atoms with E-state index in [1.54, 1.807) is 42.2 Å². The summed E-state index contributed by atoms with van der Waals surface area (Å²) in [4.78, 5) is 17.0. The van der Waals surface area contributed by atoms with Crippen molar-refractivity contribution in [1.82, 2.24) is 9.78 Å². The van der Waals surface area contributed by atoms with E-state index in [0.29, 0.717) is 22.8 Å². The summed E-state index contributed by atoms with van der Waals surface area (Å²) in [5, 5.41) is 8.29. The number of rotatable bonds is 8. The maximum atomic E-state index is 11.8. The lowest BCUT2D eigenvalue weighted by Crippen LogP contribution is -2.09. The molecule has 1 heterocycles. The summed E-state index contributed by atoms with van der Waals surface area (Å²) in [5.41, 5.74) is 1.98. The van der Waals surface area contributed by atoms with Crippen molar-refractivity contribution >= 4 is 12.2 Å². The van der Waals surface area contributed by atoms with Crippen LogP contribution < -0.4 is 4.74 Å². The molecule has 0 saturated heterocycles. The quantitative estimate of drug-likeness (QED) is 0.258. The number of benzene rings is 2. The highest BCUT2D eigenvalue weighted by atomic mass is 16.6. The molecule has 0 saturated carbocycles. The lowest BCUT2D eigenvalue weighted by Gasteiger charge is -2.06. The van der Waals surface area contributed by atoms with E-state index < -0.39 is 5.97 Å². The van der Waals surface area contributed by atoms with Crippen molar-refractivity contribution in [2.45, 2.75) is 6.92 Å². The van der Waals surface area contributed by atoms with Crippen LogP contribution in [0.1, 0.15) is 21.6 Å². The Balaban J connectivity index is 1.52. The second-order valence-electron chi connectivity index (χ2n) is 5.91. The Morgan fingerprint density at radius 2 is 1.75 bits per heavy atom. The van der Waals surface area contributed by atoms with Crippen molar-refractivity contribution in [3.63, 3.8) is 0 Å². The van der Waals surface area contributed by atoms with Gasteiger partial charge in [0.05, 0.1) is 23.0 Å². The van der Waals surface area contributed by atoms with Gasteiger partial charge in [0.1, 0.15) is 12.4 Å². The molecule has 0 atom stereocenters. The zero-order valence-electron chi connectivity index (χ0n) is 15.7. The molecule has 0 amide bonds. The van der Waals surface area contributed by atoms with E-state index in [1.165, 1.54) is 0 Å². The molecule has 0 aliphatic rings. The first-order valence-corrected chi connectivity index (χ1v) is 8.79. The van der Waals surface area contributed by atoms with Crippen LogP contribution in [0, 0.1) is 6.92 Å². The smallest absolute Gasteiger partial charge is 0.338 e. The predicted molar refractivity (Wildman–Crippen MR) is 105 cm³/mol. The van der Waals surface area contributed by atoms with Gasteiger partial charge in [-0.25, -0.2) is 9.48 Å². The van der Waals surface area contributed by atoms with E-state index in [0.717, 1.165) is 5.69 Å².